The molecule has 0 aromatic heterocycles. The van der Waals surface area contributed by atoms with Gasteiger partial charge in [-0.05, 0) is 13.8 Å². The second kappa shape index (κ2) is 4.24. The summed E-state index contributed by atoms with van der Waals surface area (Å²) in [5.74, 6) is -0.590. The van der Waals surface area contributed by atoms with Gasteiger partial charge in [-0.3, -0.25) is 0 Å². The van der Waals surface area contributed by atoms with Crippen LogP contribution in [0.15, 0.2) is 24.3 Å². The first-order valence-electron chi connectivity index (χ1n) is 5.11. The van der Waals surface area contributed by atoms with Crippen molar-refractivity contribution >= 4 is 15.9 Å². The summed E-state index contributed by atoms with van der Waals surface area (Å²) in [4.78, 5) is 0. The predicted octanol–water partition coefficient (Wildman–Crippen LogP) is 2.98. The second-order valence-corrected chi connectivity index (χ2v) is 4.55. The lowest BCUT2D eigenvalue weighted by atomic mass is 10.1. The number of rotatable bonds is 2. The third-order valence-corrected chi connectivity index (χ3v) is 3.35. The molecule has 1 saturated heterocycles. The van der Waals surface area contributed by atoms with Crippen LogP contribution in [0.5, 0.6) is 0 Å². The van der Waals surface area contributed by atoms with Crippen molar-refractivity contribution in [2.75, 3.05) is 11.9 Å². The zero-order valence-electron chi connectivity index (χ0n) is 9.00. The molecule has 1 aliphatic rings. The van der Waals surface area contributed by atoms with Crippen molar-refractivity contribution in [3.63, 3.8) is 0 Å². The zero-order chi connectivity index (χ0) is 10.9. The molecule has 2 rings (SSSR count). The van der Waals surface area contributed by atoms with E-state index in [2.05, 4.69) is 47.1 Å². The van der Waals surface area contributed by atoms with Gasteiger partial charge < -0.3 is 9.47 Å². The fourth-order valence-electron chi connectivity index (χ4n) is 1.75. The lowest BCUT2D eigenvalue weighted by Gasteiger charge is -2.26. The van der Waals surface area contributed by atoms with Crippen LogP contribution in [0.4, 0.5) is 0 Å². The van der Waals surface area contributed by atoms with E-state index in [1.807, 2.05) is 6.92 Å². The van der Waals surface area contributed by atoms with Crippen LogP contribution in [0, 0.1) is 6.92 Å². The first-order chi connectivity index (χ1) is 7.16. The van der Waals surface area contributed by atoms with Crippen LogP contribution in [0.1, 0.15) is 18.1 Å². The normalized spacial score (nSPS) is 30.7. The summed E-state index contributed by atoms with van der Waals surface area (Å²) < 4.78 is 11.6. The summed E-state index contributed by atoms with van der Waals surface area (Å²) in [7, 11) is 0. The Bertz CT molecular complexity index is 336. The molecule has 82 valence electrons. The van der Waals surface area contributed by atoms with E-state index >= 15 is 0 Å². The molecule has 1 heterocycles. The fraction of sp³-hybridized carbons (Fsp3) is 0.500. The maximum Gasteiger partial charge on any atom is 0.205 e. The zero-order valence-corrected chi connectivity index (χ0v) is 10.6. The number of halogens is 1. The average Bonchev–Trinajstić information content (AvgIpc) is 2.62. The molecule has 0 saturated carbocycles. The van der Waals surface area contributed by atoms with Crippen molar-refractivity contribution in [3.8, 4) is 0 Å². The van der Waals surface area contributed by atoms with Gasteiger partial charge in [0.1, 0.15) is 0 Å². The van der Waals surface area contributed by atoms with Gasteiger partial charge in [0.25, 0.3) is 0 Å². The van der Waals surface area contributed by atoms with Gasteiger partial charge in [-0.25, -0.2) is 0 Å². The first kappa shape index (κ1) is 11.1. The van der Waals surface area contributed by atoms with Gasteiger partial charge in [-0.1, -0.05) is 45.8 Å². The summed E-state index contributed by atoms with van der Waals surface area (Å²) in [6.07, 6.45) is 0.156. The molecule has 0 aliphatic carbocycles. The summed E-state index contributed by atoms with van der Waals surface area (Å²) in [5, 5.41) is 0.660. The van der Waals surface area contributed by atoms with Crippen molar-refractivity contribution < 1.29 is 9.47 Å². The van der Waals surface area contributed by atoms with Gasteiger partial charge in [0.15, 0.2) is 0 Å². The topological polar surface area (TPSA) is 18.5 Å². The molecular weight excluding hydrogens is 256 g/mol. The Kier molecular flexibility index (Phi) is 3.14. The van der Waals surface area contributed by atoms with Gasteiger partial charge in [0.05, 0.1) is 18.0 Å². The van der Waals surface area contributed by atoms with Gasteiger partial charge in [0, 0.05) is 5.56 Å². The SMILES string of the molecule is Cc1ccc([C@@]2(CBr)OC[C@@H](C)O2)cc1. The molecule has 2 atom stereocenters. The molecule has 1 aromatic carbocycles. The highest BCUT2D eigenvalue weighted by Crippen LogP contribution is 2.35. The third-order valence-electron chi connectivity index (χ3n) is 2.61. The van der Waals surface area contributed by atoms with E-state index in [4.69, 9.17) is 9.47 Å². The minimum absolute atomic E-state index is 0.156. The summed E-state index contributed by atoms with van der Waals surface area (Å²) in [5.41, 5.74) is 2.32. The molecule has 0 radical (unpaired) electrons. The van der Waals surface area contributed by atoms with Crippen LogP contribution in [0.25, 0.3) is 0 Å². The molecule has 0 bridgehead atoms. The van der Waals surface area contributed by atoms with E-state index < -0.39 is 5.79 Å². The first-order valence-corrected chi connectivity index (χ1v) is 6.23. The number of benzene rings is 1. The molecule has 0 N–H and O–H groups in total. The monoisotopic (exact) mass is 270 g/mol. The largest absolute Gasteiger partial charge is 0.342 e. The van der Waals surface area contributed by atoms with Crippen molar-refractivity contribution in [1.82, 2.24) is 0 Å². The van der Waals surface area contributed by atoms with Crippen LogP contribution in [0.3, 0.4) is 0 Å². The third kappa shape index (κ3) is 2.10. The van der Waals surface area contributed by atoms with Crippen LogP contribution in [0.2, 0.25) is 0 Å². The highest BCUT2D eigenvalue weighted by molar-refractivity contribution is 9.09. The van der Waals surface area contributed by atoms with Gasteiger partial charge in [0.2, 0.25) is 5.79 Å². The van der Waals surface area contributed by atoms with Crippen LogP contribution in [-0.2, 0) is 15.3 Å². The van der Waals surface area contributed by atoms with E-state index in [-0.39, 0.29) is 6.10 Å². The average molecular weight is 271 g/mol. The van der Waals surface area contributed by atoms with Gasteiger partial charge in [-0.2, -0.15) is 0 Å². The minimum Gasteiger partial charge on any atom is -0.342 e. The molecular formula is C12H15BrO2. The molecule has 0 spiro atoms. The summed E-state index contributed by atoms with van der Waals surface area (Å²) >= 11 is 3.47. The number of alkyl halides is 1. The molecule has 1 fully saturated rings. The van der Waals surface area contributed by atoms with Crippen LogP contribution >= 0.6 is 15.9 Å². The Morgan fingerprint density at radius 3 is 2.53 bits per heavy atom. The van der Waals surface area contributed by atoms with Crippen LogP contribution in [-0.4, -0.2) is 18.0 Å². The Hall–Kier alpha value is -0.380. The number of ether oxygens (including phenoxy) is 2. The highest BCUT2D eigenvalue weighted by atomic mass is 79.9. The maximum absolute atomic E-state index is 5.85. The van der Waals surface area contributed by atoms with E-state index in [0.717, 1.165) is 5.56 Å². The lowest BCUT2D eigenvalue weighted by Crippen LogP contribution is -2.29. The van der Waals surface area contributed by atoms with Crippen molar-refractivity contribution in [1.29, 1.82) is 0 Å². The van der Waals surface area contributed by atoms with Gasteiger partial charge >= 0.3 is 0 Å². The number of hydrogen-bond acceptors (Lipinski definition) is 2. The molecule has 2 nitrogen and oxygen atoms in total. The van der Waals surface area contributed by atoms with Gasteiger partial charge in [-0.15, -0.1) is 0 Å². The van der Waals surface area contributed by atoms with E-state index in [0.29, 0.717) is 11.9 Å². The summed E-state index contributed by atoms with van der Waals surface area (Å²) in [6, 6.07) is 8.29. The van der Waals surface area contributed by atoms with Crippen molar-refractivity contribution in [2.24, 2.45) is 0 Å². The second-order valence-electron chi connectivity index (χ2n) is 3.99. The molecule has 0 amide bonds. The van der Waals surface area contributed by atoms with Crippen molar-refractivity contribution in [3.05, 3.63) is 35.4 Å². The standard InChI is InChI=1S/C12H15BrO2/c1-9-3-5-11(6-4-9)12(8-13)14-7-10(2)15-12/h3-6,10H,7-8H2,1-2H3/t10-,12+/m1/s1. The molecule has 1 aliphatic heterocycles. The Balaban J connectivity index is 2.30. The lowest BCUT2D eigenvalue weighted by molar-refractivity contribution is -0.154. The smallest absolute Gasteiger partial charge is 0.205 e. The fourth-order valence-corrected chi connectivity index (χ4v) is 2.37. The Morgan fingerprint density at radius 2 is 2.07 bits per heavy atom. The Labute approximate surface area is 98.7 Å². The van der Waals surface area contributed by atoms with E-state index in [9.17, 15) is 0 Å². The van der Waals surface area contributed by atoms with E-state index in [1.165, 1.54) is 5.56 Å². The number of aryl methyl sites for hydroxylation is 1. The predicted molar refractivity (Wildman–Crippen MR) is 63.2 cm³/mol. The summed E-state index contributed by atoms with van der Waals surface area (Å²) in [6.45, 7) is 4.75. The minimum atomic E-state index is -0.590. The quantitative estimate of drug-likeness (QED) is 0.770. The Morgan fingerprint density at radius 1 is 1.40 bits per heavy atom. The highest BCUT2D eigenvalue weighted by Gasteiger charge is 2.40. The van der Waals surface area contributed by atoms with Crippen LogP contribution < -0.4 is 0 Å². The maximum atomic E-state index is 5.85. The van der Waals surface area contributed by atoms with Crippen molar-refractivity contribution in [2.45, 2.75) is 25.7 Å². The molecule has 1 aromatic rings. The molecule has 0 unspecified atom stereocenters. The van der Waals surface area contributed by atoms with E-state index in [1.54, 1.807) is 0 Å². The molecule has 15 heavy (non-hydrogen) atoms. The molecule has 3 heteroatoms. The number of hydrogen-bond donors (Lipinski definition) is 0.